The summed E-state index contributed by atoms with van der Waals surface area (Å²) >= 11 is 0. The zero-order valence-corrected chi connectivity index (χ0v) is 16.2. The van der Waals surface area contributed by atoms with Gasteiger partial charge >= 0.3 is 5.97 Å². The van der Waals surface area contributed by atoms with Crippen molar-refractivity contribution in [2.75, 3.05) is 18.9 Å². The second-order valence-corrected chi connectivity index (χ2v) is 6.77. The first kappa shape index (κ1) is 20.2. The predicted molar refractivity (Wildman–Crippen MR) is 101 cm³/mol. The lowest BCUT2D eigenvalue weighted by Crippen LogP contribution is -2.35. The molecule has 0 aliphatic carbocycles. The number of nitrogens with zero attached hydrogens (tertiary/aromatic N) is 1. The highest BCUT2D eigenvalue weighted by Crippen LogP contribution is 2.22. The molecule has 0 fully saturated rings. The van der Waals surface area contributed by atoms with Crippen LogP contribution in [0.15, 0.2) is 22.8 Å². The highest BCUT2D eigenvalue weighted by atomic mass is 16.4. The van der Waals surface area contributed by atoms with E-state index in [1.165, 1.54) is 18.2 Å². The van der Waals surface area contributed by atoms with Crippen LogP contribution in [0, 0.1) is 27.7 Å². The number of carbonyl (C=O) groups is 3. The van der Waals surface area contributed by atoms with Crippen LogP contribution in [0.2, 0.25) is 0 Å². The number of rotatable bonds is 6. The summed E-state index contributed by atoms with van der Waals surface area (Å²) in [5, 5.41) is 11.8. The molecule has 0 saturated carbocycles. The Morgan fingerprint density at radius 2 is 1.67 bits per heavy atom. The van der Waals surface area contributed by atoms with Crippen molar-refractivity contribution in [2.45, 2.75) is 34.1 Å². The SMILES string of the molecule is Cc1cc(C)c(NC(=O)CN(C)C(=O)c2c(C)coc2CC(=O)O)c(C)c1. The summed E-state index contributed by atoms with van der Waals surface area (Å²) in [6, 6.07) is 3.95. The third-order valence-electron chi connectivity index (χ3n) is 4.25. The number of aliphatic carboxylic acids is 1. The summed E-state index contributed by atoms with van der Waals surface area (Å²) in [6.07, 6.45) is 0.954. The quantitative estimate of drug-likeness (QED) is 0.812. The summed E-state index contributed by atoms with van der Waals surface area (Å²) in [4.78, 5) is 37.3. The molecule has 144 valence electrons. The zero-order chi connectivity index (χ0) is 20.3. The van der Waals surface area contributed by atoms with Gasteiger partial charge in [0.05, 0.1) is 18.4 Å². The van der Waals surface area contributed by atoms with E-state index in [-0.39, 0.29) is 23.8 Å². The molecular weight excluding hydrogens is 348 g/mol. The average molecular weight is 372 g/mol. The Kier molecular flexibility index (Phi) is 6.05. The van der Waals surface area contributed by atoms with Crippen molar-refractivity contribution in [3.8, 4) is 0 Å². The van der Waals surface area contributed by atoms with Gasteiger partial charge in [0.15, 0.2) is 0 Å². The van der Waals surface area contributed by atoms with E-state index in [2.05, 4.69) is 5.32 Å². The largest absolute Gasteiger partial charge is 0.481 e. The van der Waals surface area contributed by atoms with Crippen LogP contribution in [-0.2, 0) is 16.0 Å². The van der Waals surface area contributed by atoms with Crippen molar-refractivity contribution in [2.24, 2.45) is 0 Å². The van der Waals surface area contributed by atoms with Crippen molar-refractivity contribution >= 4 is 23.5 Å². The molecule has 0 aliphatic heterocycles. The van der Waals surface area contributed by atoms with Crippen molar-refractivity contribution in [3.05, 3.63) is 52.0 Å². The molecule has 0 atom stereocenters. The monoisotopic (exact) mass is 372 g/mol. The average Bonchev–Trinajstić information content (AvgIpc) is 2.89. The third kappa shape index (κ3) is 4.75. The number of amides is 2. The number of hydrogen-bond acceptors (Lipinski definition) is 4. The highest BCUT2D eigenvalue weighted by molar-refractivity contribution is 6.01. The fourth-order valence-corrected chi connectivity index (χ4v) is 3.09. The Morgan fingerprint density at radius 3 is 2.22 bits per heavy atom. The van der Waals surface area contributed by atoms with E-state index in [9.17, 15) is 14.4 Å². The number of nitrogens with one attached hydrogen (secondary N) is 1. The minimum atomic E-state index is -1.09. The highest BCUT2D eigenvalue weighted by Gasteiger charge is 2.24. The summed E-state index contributed by atoms with van der Waals surface area (Å²) in [7, 11) is 1.49. The van der Waals surface area contributed by atoms with Gasteiger partial charge in [-0.3, -0.25) is 14.4 Å². The maximum Gasteiger partial charge on any atom is 0.311 e. The number of carboxylic acids is 1. The number of aryl methyl sites for hydroxylation is 4. The van der Waals surface area contributed by atoms with Gasteiger partial charge in [0.25, 0.3) is 5.91 Å². The molecule has 0 unspecified atom stereocenters. The molecule has 0 radical (unpaired) electrons. The minimum absolute atomic E-state index is 0.0856. The first-order valence-corrected chi connectivity index (χ1v) is 8.52. The Labute approximate surface area is 158 Å². The van der Waals surface area contributed by atoms with Crippen LogP contribution in [-0.4, -0.2) is 41.4 Å². The zero-order valence-electron chi connectivity index (χ0n) is 16.2. The fourth-order valence-electron chi connectivity index (χ4n) is 3.09. The van der Waals surface area contributed by atoms with E-state index < -0.39 is 18.3 Å². The fraction of sp³-hybridized carbons (Fsp3) is 0.350. The van der Waals surface area contributed by atoms with Gasteiger partial charge in [0.2, 0.25) is 5.91 Å². The van der Waals surface area contributed by atoms with Crippen LogP contribution in [0.3, 0.4) is 0 Å². The Balaban J connectivity index is 2.12. The van der Waals surface area contributed by atoms with Crippen molar-refractivity contribution in [1.29, 1.82) is 0 Å². The second kappa shape index (κ2) is 8.07. The molecule has 0 saturated heterocycles. The van der Waals surface area contributed by atoms with Crippen molar-refractivity contribution < 1.29 is 23.9 Å². The van der Waals surface area contributed by atoms with Gasteiger partial charge < -0.3 is 19.7 Å². The number of likely N-dealkylation sites (N-methyl/N-ethyl adjacent to an activating group) is 1. The third-order valence-corrected chi connectivity index (χ3v) is 4.25. The molecule has 0 spiro atoms. The van der Waals surface area contributed by atoms with E-state index in [4.69, 9.17) is 9.52 Å². The normalized spacial score (nSPS) is 10.6. The van der Waals surface area contributed by atoms with Crippen LogP contribution in [0.5, 0.6) is 0 Å². The summed E-state index contributed by atoms with van der Waals surface area (Å²) in [5.74, 6) is -1.79. The van der Waals surface area contributed by atoms with E-state index >= 15 is 0 Å². The van der Waals surface area contributed by atoms with Gasteiger partial charge in [-0.05, 0) is 38.8 Å². The summed E-state index contributed by atoms with van der Waals surface area (Å²) in [5.41, 5.74) is 4.46. The Morgan fingerprint density at radius 1 is 1.07 bits per heavy atom. The number of carboxylic acid groups (broad SMARTS) is 1. The second-order valence-electron chi connectivity index (χ2n) is 6.77. The van der Waals surface area contributed by atoms with Crippen LogP contribution in [0.1, 0.15) is 38.4 Å². The number of carbonyl (C=O) groups excluding carboxylic acids is 2. The van der Waals surface area contributed by atoms with E-state index in [1.807, 2.05) is 32.9 Å². The first-order valence-electron chi connectivity index (χ1n) is 8.52. The van der Waals surface area contributed by atoms with Crippen LogP contribution in [0.25, 0.3) is 0 Å². The number of benzene rings is 1. The first-order chi connectivity index (χ1) is 12.6. The van der Waals surface area contributed by atoms with Gasteiger partial charge in [-0.15, -0.1) is 0 Å². The predicted octanol–water partition coefficient (Wildman–Crippen LogP) is 2.85. The van der Waals surface area contributed by atoms with Gasteiger partial charge in [0, 0.05) is 18.3 Å². The molecule has 1 heterocycles. The summed E-state index contributed by atoms with van der Waals surface area (Å²) in [6.45, 7) is 7.31. The minimum Gasteiger partial charge on any atom is -0.481 e. The van der Waals surface area contributed by atoms with Crippen LogP contribution >= 0.6 is 0 Å². The van der Waals surface area contributed by atoms with E-state index in [0.29, 0.717) is 5.56 Å². The van der Waals surface area contributed by atoms with Crippen LogP contribution < -0.4 is 5.32 Å². The van der Waals surface area contributed by atoms with Crippen molar-refractivity contribution in [1.82, 2.24) is 4.90 Å². The molecule has 2 rings (SSSR count). The molecular formula is C20H24N2O5. The molecule has 7 nitrogen and oxygen atoms in total. The maximum absolute atomic E-state index is 12.7. The molecule has 2 amide bonds. The number of anilines is 1. The lowest BCUT2D eigenvalue weighted by Gasteiger charge is -2.19. The Hall–Kier alpha value is -3.09. The maximum atomic E-state index is 12.7. The molecule has 1 aromatic carbocycles. The number of hydrogen-bond donors (Lipinski definition) is 2. The topological polar surface area (TPSA) is 99.9 Å². The standard InChI is InChI=1S/C20H24N2O5/c1-11-6-12(2)19(13(3)7-11)21-16(23)9-22(5)20(26)18-14(4)10-27-15(18)8-17(24)25/h6-7,10H,8-9H2,1-5H3,(H,21,23)(H,24,25). The Bertz CT molecular complexity index is 875. The lowest BCUT2D eigenvalue weighted by molar-refractivity contribution is -0.136. The lowest BCUT2D eigenvalue weighted by atomic mass is 10.1. The molecule has 2 aromatic rings. The van der Waals surface area contributed by atoms with E-state index in [1.54, 1.807) is 6.92 Å². The van der Waals surface area contributed by atoms with E-state index in [0.717, 1.165) is 22.4 Å². The van der Waals surface area contributed by atoms with Crippen LogP contribution in [0.4, 0.5) is 5.69 Å². The van der Waals surface area contributed by atoms with Gasteiger partial charge in [-0.2, -0.15) is 0 Å². The molecule has 2 N–H and O–H groups in total. The molecule has 0 aliphatic rings. The van der Waals surface area contributed by atoms with Gasteiger partial charge in [0.1, 0.15) is 12.2 Å². The molecule has 7 heteroatoms. The molecule has 1 aromatic heterocycles. The smallest absolute Gasteiger partial charge is 0.311 e. The number of furan rings is 1. The van der Waals surface area contributed by atoms with Gasteiger partial charge in [-0.1, -0.05) is 17.7 Å². The summed E-state index contributed by atoms with van der Waals surface area (Å²) < 4.78 is 5.19. The molecule has 0 bridgehead atoms. The van der Waals surface area contributed by atoms with Crippen molar-refractivity contribution in [3.63, 3.8) is 0 Å². The molecule has 27 heavy (non-hydrogen) atoms. The van der Waals surface area contributed by atoms with Gasteiger partial charge in [-0.25, -0.2) is 0 Å².